The molecule has 0 heterocycles. The van der Waals surface area contributed by atoms with Crippen molar-refractivity contribution in [3.8, 4) is 11.1 Å². The number of alkyl carbamates (subject to hydrolysis) is 1. The number of hydroxylamine groups is 1. The van der Waals surface area contributed by atoms with E-state index in [0.29, 0.717) is 0 Å². The lowest BCUT2D eigenvalue weighted by molar-refractivity contribution is -0.159. The molecule has 0 aliphatic heterocycles. The molecule has 1 aliphatic rings. The molecule has 2 unspecified atom stereocenters. The molecular formula is C23H26N2O6. The second-order valence-electron chi connectivity index (χ2n) is 7.76. The first kappa shape index (κ1) is 22.3. The van der Waals surface area contributed by atoms with Crippen LogP contribution in [-0.2, 0) is 19.2 Å². The Hall–Kier alpha value is -3.39. The van der Waals surface area contributed by atoms with Crippen LogP contribution in [0.1, 0.15) is 37.8 Å². The number of carboxylic acids is 1. The molecule has 1 aliphatic carbocycles. The standard InChI is InChI=1S/C23H26N2O6/c1-13(2)20(21(26)25-31-14(3)22(27)28)24-23(29)30-12-19-17-10-6-4-8-15(17)16-9-5-7-11-18(16)19/h4-11,13-14,19-20H,12H2,1-3H3,(H,24,29)(H,25,26)(H,27,28). The molecule has 0 saturated heterocycles. The Bertz CT molecular complexity index is 929. The number of hydrogen-bond acceptors (Lipinski definition) is 5. The Morgan fingerprint density at radius 2 is 1.52 bits per heavy atom. The summed E-state index contributed by atoms with van der Waals surface area (Å²) in [5.74, 6) is -2.24. The van der Waals surface area contributed by atoms with E-state index >= 15 is 0 Å². The van der Waals surface area contributed by atoms with Gasteiger partial charge >= 0.3 is 12.1 Å². The van der Waals surface area contributed by atoms with Crippen LogP contribution in [0, 0.1) is 5.92 Å². The van der Waals surface area contributed by atoms with Gasteiger partial charge in [0, 0.05) is 5.92 Å². The van der Waals surface area contributed by atoms with Crippen LogP contribution in [0.15, 0.2) is 48.5 Å². The van der Waals surface area contributed by atoms with Crippen LogP contribution in [0.3, 0.4) is 0 Å². The molecule has 0 radical (unpaired) electrons. The third-order valence-corrected chi connectivity index (χ3v) is 5.25. The summed E-state index contributed by atoms with van der Waals surface area (Å²) in [4.78, 5) is 40.4. The summed E-state index contributed by atoms with van der Waals surface area (Å²) in [6, 6.07) is 15.0. The number of carbonyl (C=O) groups is 3. The van der Waals surface area contributed by atoms with Gasteiger partial charge < -0.3 is 15.2 Å². The second kappa shape index (κ2) is 9.61. The van der Waals surface area contributed by atoms with Crippen molar-refractivity contribution in [2.45, 2.75) is 38.8 Å². The number of carboxylic acid groups (broad SMARTS) is 1. The maximum absolute atomic E-state index is 12.4. The van der Waals surface area contributed by atoms with E-state index in [9.17, 15) is 14.4 Å². The van der Waals surface area contributed by atoms with E-state index in [1.54, 1.807) is 13.8 Å². The van der Waals surface area contributed by atoms with Gasteiger partial charge in [0.05, 0.1) is 0 Å². The fourth-order valence-electron chi connectivity index (χ4n) is 3.56. The maximum atomic E-state index is 12.4. The summed E-state index contributed by atoms with van der Waals surface area (Å²) in [5, 5.41) is 11.4. The zero-order chi connectivity index (χ0) is 22.5. The van der Waals surface area contributed by atoms with Crippen molar-refractivity contribution in [3.05, 3.63) is 59.7 Å². The highest BCUT2D eigenvalue weighted by Gasteiger charge is 2.30. The smallest absolute Gasteiger partial charge is 0.407 e. The predicted molar refractivity (Wildman–Crippen MR) is 113 cm³/mol. The normalized spacial score (nSPS) is 14.3. The first-order valence-electron chi connectivity index (χ1n) is 10.1. The van der Waals surface area contributed by atoms with Crippen molar-refractivity contribution in [2.75, 3.05) is 6.61 Å². The average molecular weight is 426 g/mol. The zero-order valence-corrected chi connectivity index (χ0v) is 17.6. The first-order valence-corrected chi connectivity index (χ1v) is 10.1. The molecule has 0 fully saturated rings. The minimum atomic E-state index is -1.22. The quantitative estimate of drug-likeness (QED) is 0.559. The van der Waals surface area contributed by atoms with E-state index < -0.39 is 30.1 Å². The number of ether oxygens (including phenoxy) is 1. The summed E-state index contributed by atoms with van der Waals surface area (Å²) >= 11 is 0. The Labute approximate surface area is 180 Å². The molecule has 8 nitrogen and oxygen atoms in total. The minimum absolute atomic E-state index is 0.0933. The number of rotatable bonds is 8. The number of benzene rings is 2. The number of aliphatic carboxylic acids is 1. The van der Waals surface area contributed by atoms with Crippen molar-refractivity contribution in [3.63, 3.8) is 0 Å². The Morgan fingerprint density at radius 1 is 0.968 bits per heavy atom. The lowest BCUT2D eigenvalue weighted by Gasteiger charge is -2.22. The van der Waals surface area contributed by atoms with Crippen molar-refractivity contribution in [2.24, 2.45) is 5.92 Å². The molecule has 0 aromatic heterocycles. The van der Waals surface area contributed by atoms with E-state index in [-0.39, 0.29) is 18.4 Å². The van der Waals surface area contributed by atoms with Crippen LogP contribution in [0.2, 0.25) is 0 Å². The summed E-state index contributed by atoms with van der Waals surface area (Å²) in [5.41, 5.74) is 6.50. The van der Waals surface area contributed by atoms with Gasteiger partial charge in [-0.25, -0.2) is 15.1 Å². The molecule has 8 heteroatoms. The number of amides is 2. The Balaban J connectivity index is 1.62. The fourth-order valence-corrected chi connectivity index (χ4v) is 3.56. The summed E-state index contributed by atoms with van der Waals surface area (Å²) in [6.07, 6.45) is -1.95. The third-order valence-electron chi connectivity index (χ3n) is 5.25. The Kier molecular flexibility index (Phi) is 6.91. The highest BCUT2D eigenvalue weighted by molar-refractivity contribution is 5.85. The van der Waals surface area contributed by atoms with Crippen molar-refractivity contribution < 1.29 is 29.1 Å². The highest BCUT2D eigenvalue weighted by atomic mass is 16.7. The average Bonchev–Trinajstić information content (AvgIpc) is 3.07. The molecule has 0 saturated carbocycles. The largest absolute Gasteiger partial charge is 0.479 e. The monoisotopic (exact) mass is 426 g/mol. The third kappa shape index (κ3) is 5.03. The van der Waals surface area contributed by atoms with Gasteiger partial charge in [0.2, 0.25) is 0 Å². The lowest BCUT2D eigenvalue weighted by atomic mass is 9.98. The molecule has 164 valence electrons. The summed E-state index contributed by atoms with van der Waals surface area (Å²) < 4.78 is 5.47. The molecule has 31 heavy (non-hydrogen) atoms. The number of carbonyl (C=O) groups excluding carboxylic acids is 2. The maximum Gasteiger partial charge on any atom is 0.407 e. The van der Waals surface area contributed by atoms with E-state index in [0.717, 1.165) is 22.3 Å². The number of hydrogen-bond donors (Lipinski definition) is 3. The van der Waals surface area contributed by atoms with Gasteiger partial charge in [-0.1, -0.05) is 62.4 Å². The molecule has 2 aromatic carbocycles. The molecule has 0 spiro atoms. The zero-order valence-electron chi connectivity index (χ0n) is 17.6. The van der Waals surface area contributed by atoms with Crippen molar-refractivity contribution in [1.82, 2.24) is 10.8 Å². The van der Waals surface area contributed by atoms with Crippen molar-refractivity contribution >= 4 is 18.0 Å². The van der Waals surface area contributed by atoms with Gasteiger partial charge in [0.25, 0.3) is 5.91 Å². The van der Waals surface area contributed by atoms with E-state index in [1.807, 2.05) is 48.5 Å². The van der Waals surface area contributed by atoms with E-state index in [1.165, 1.54) is 6.92 Å². The molecule has 0 bridgehead atoms. The number of fused-ring (bicyclic) bond motifs is 3. The van der Waals surface area contributed by atoms with Gasteiger partial charge in [-0.3, -0.25) is 9.63 Å². The van der Waals surface area contributed by atoms with Gasteiger partial charge in [0.15, 0.2) is 6.10 Å². The topological polar surface area (TPSA) is 114 Å². The summed E-state index contributed by atoms with van der Waals surface area (Å²) in [6.45, 7) is 4.90. The fraction of sp³-hybridized carbons (Fsp3) is 0.348. The van der Waals surface area contributed by atoms with Crippen LogP contribution in [0.4, 0.5) is 4.79 Å². The predicted octanol–water partition coefficient (Wildman–Crippen LogP) is 3.07. The van der Waals surface area contributed by atoms with E-state index in [2.05, 4.69) is 10.8 Å². The molecule has 2 amide bonds. The van der Waals surface area contributed by atoms with E-state index in [4.69, 9.17) is 14.7 Å². The van der Waals surface area contributed by atoms with Crippen LogP contribution in [-0.4, -0.2) is 41.8 Å². The molecule has 2 aromatic rings. The van der Waals surface area contributed by atoms with Crippen LogP contribution in [0.25, 0.3) is 11.1 Å². The Morgan fingerprint density at radius 3 is 2.03 bits per heavy atom. The van der Waals surface area contributed by atoms with Gasteiger partial charge in [-0.2, -0.15) is 0 Å². The highest BCUT2D eigenvalue weighted by Crippen LogP contribution is 2.44. The SMILES string of the molecule is CC(ONC(=O)C(NC(=O)OCC1c2ccccc2-c2ccccc21)C(C)C)C(=O)O. The minimum Gasteiger partial charge on any atom is -0.479 e. The van der Waals surface area contributed by atoms with Crippen LogP contribution in [0.5, 0.6) is 0 Å². The van der Waals surface area contributed by atoms with Crippen molar-refractivity contribution in [1.29, 1.82) is 0 Å². The summed E-state index contributed by atoms with van der Waals surface area (Å²) in [7, 11) is 0. The number of nitrogens with one attached hydrogen (secondary N) is 2. The molecule has 2 atom stereocenters. The van der Waals surface area contributed by atoms with Gasteiger partial charge in [0.1, 0.15) is 12.6 Å². The van der Waals surface area contributed by atoms with Crippen LogP contribution >= 0.6 is 0 Å². The molecular weight excluding hydrogens is 400 g/mol. The second-order valence-corrected chi connectivity index (χ2v) is 7.76. The lowest BCUT2D eigenvalue weighted by Crippen LogP contribution is -2.50. The van der Waals surface area contributed by atoms with Gasteiger partial charge in [-0.05, 0) is 35.1 Å². The first-order chi connectivity index (χ1) is 14.8. The molecule has 3 rings (SSSR count). The molecule has 3 N–H and O–H groups in total. The van der Waals surface area contributed by atoms with Gasteiger partial charge in [-0.15, -0.1) is 0 Å². The van der Waals surface area contributed by atoms with Crippen LogP contribution < -0.4 is 10.8 Å².